The predicted octanol–water partition coefficient (Wildman–Crippen LogP) is 5.69. The van der Waals surface area contributed by atoms with E-state index >= 15 is 0 Å². The molecule has 0 aliphatic rings. The van der Waals surface area contributed by atoms with Gasteiger partial charge in [-0.05, 0) is 47.2 Å². The van der Waals surface area contributed by atoms with E-state index in [1.54, 1.807) is 0 Å². The molecule has 0 saturated carbocycles. The largest absolute Gasteiger partial charge is 0.310 e. The van der Waals surface area contributed by atoms with Crippen LogP contribution in [0.3, 0.4) is 0 Å². The molecule has 4 aromatic rings. The number of rotatable bonds is 4. The van der Waals surface area contributed by atoms with Crippen molar-refractivity contribution in [1.82, 2.24) is 0 Å². The SMILES string of the molecule is C[B]c1ccc(N(c2ccccc2)c2ccc3ccccc3c2)cc1. The lowest BCUT2D eigenvalue weighted by molar-refractivity contribution is 1.29. The Morgan fingerprint density at radius 1 is 0.560 bits per heavy atom. The molecule has 0 aliphatic carbocycles. The zero-order chi connectivity index (χ0) is 17.1. The summed E-state index contributed by atoms with van der Waals surface area (Å²) in [6.07, 6.45) is 0. The van der Waals surface area contributed by atoms with Crippen molar-refractivity contribution in [2.45, 2.75) is 6.82 Å². The molecule has 0 N–H and O–H groups in total. The third kappa shape index (κ3) is 3.16. The van der Waals surface area contributed by atoms with Crippen LogP contribution in [0, 0.1) is 0 Å². The molecule has 0 amide bonds. The third-order valence-electron chi connectivity index (χ3n) is 4.49. The van der Waals surface area contributed by atoms with E-state index in [1.165, 1.54) is 16.2 Å². The number of anilines is 3. The molecule has 25 heavy (non-hydrogen) atoms. The number of para-hydroxylation sites is 1. The van der Waals surface area contributed by atoms with Crippen molar-refractivity contribution in [2.24, 2.45) is 0 Å². The standard InChI is InChI=1S/C23H19BN/c1-24-20-12-15-22(16-13-20)25(21-9-3-2-4-10-21)23-14-11-18-7-5-6-8-19(18)17-23/h2-17H,1H3. The Hall–Kier alpha value is -3.00. The van der Waals surface area contributed by atoms with Crippen LogP contribution in [0.15, 0.2) is 97.1 Å². The third-order valence-corrected chi connectivity index (χ3v) is 4.49. The minimum atomic E-state index is 1.16. The minimum Gasteiger partial charge on any atom is -0.310 e. The van der Waals surface area contributed by atoms with Crippen LogP contribution in [0.2, 0.25) is 6.82 Å². The highest BCUT2D eigenvalue weighted by atomic mass is 15.1. The Morgan fingerprint density at radius 3 is 1.88 bits per heavy atom. The van der Waals surface area contributed by atoms with Gasteiger partial charge in [-0.3, -0.25) is 0 Å². The average molecular weight is 320 g/mol. The van der Waals surface area contributed by atoms with Crippen LogP contribution < -0.4 is 10.4 Å². The molecule has 1 nitrogen and oxygen atoms in total. The Morgan fingerprint density at radius 2 is 1.16 bits per heavy atom. The van der Waals surface area contributed by atoms with Crippen molar-refractivity contribution in [3.8, 4) is 0 Å². The Balaban J connectivity index is 1.86. The van der Waals surface area contributed by atoms with E-state index in [4.69, 9.17) is 0 Å². The van der Waals surface area contributed by atoms with E-state index in [0.717, 1.165) is 17.1 Å². The van der Waals surface area contributed by atoms with Gasteiger partial charge in [0.15, 0.2) is 0 Å². The quantitative estimate of drug-likeness (QED) is 0.437. The highest BCUT2D eigenvalue weighted by Crippen LogP contribution is 2.35. The Labute approximate surface area is 149 Å². The summed E-state index contributed by atoms with van der Waals surface area (Å²) in [4.78, 5) is 2.30. The average Bonchev–Trinajstić information content (AvgIpc) is 2.69. The highest BCUT2D eigenvalue weighted by molar-refractivity contribution is 6.51. The molecule has 2 heteroatoms. The molecule has 0 spiro atoms. The van der Waals surface area contributed by atoms with Gasteiger partial charge in [0.2, 0.25) is 0 Å². The first-order chi connectivity index (χ1) is 12.3. The van der Waals surface area contributed by atoms with E-state index < -0.39 is 0 Å². The predicted molar refractivity (Wildman–Crippen MR) is 110 cm³/mol. The van der Waals surface area contributed by atoms with E-state index in [0.29, 0.717) is 0 Å². The molecule has 0 unspecified atom stereocenters. The van der Waals surface area contributed by atoms with E-state index in [2.05, 4.69) is 116 Å². The van der Waals surface area contributed by atoms with Gasteiger partial charge in [0.1, 0.15) is 7.28 Å². The number of benzene rings is 4. The van der Waals surface area contributed by atoms with Crippen LogP contribution >= 0.6 is 0 Å². The number of fused-ring (bicyclic) bond motifs is 1. The van der Waals surface area contributed by atoms with Gasteiger partial charge >= 0.3 is 0 Å². The maximum Gasteiger partial charge on any atom is 0.148 e. The zero-order valence-corrected chi connectivity index (χ0v) is 14.3. The monoisotopic (exact) mass is 320 g/mol. The van der Waals surface area contributed by atoms with Crippen molar-refractivity contribution in [1.29, 1.82) is 0 Å². The fraction of sp³-hybridized carbons (Fsp3) is 0.0435. The summed E-state index contributed by atoms with van der Waals surface area (Å²) < 4.78 is 0. The lowest BCUT2D eigenvalue weighted by Gasteiger charge is -2.26. The van der Waals surface area contributed by atoms with Gasteiger partial charge in [-0.1, -0.05) is 72.9 Å². The van der Waals surface area contributed by atoms with E-state index in [-0.39, 0.29) is 0 Å². The van der Waals surface area contributed by atoms with Gasteiger partial charge in [0, 0.05) is 17.1 Å². The summed E-state index contributed by atoms with van der Waals surface area (Å²) in [5, 5.41) is 2.51. The Bertz CT molecular complexity index is 978. The molecule has 0 atom stereocenters. The minimum absolute atomic E-state index is 1.16. The van der Waals surface area contributed by atoms with Crippen LogP contribution in [0.4, 0.5) is 17.1 Å². The summed E-state index contributed by atoms with van der Waals surface area (Å²) in [6.45, 7) is 2.06. The molecular formula is C23H19BN. The van der Waals surface area contributed by atoms with Crippen molar-refractivity contribution in [2.75, 3.05) is 4.90 Å². The molecule has 1 radical (unpaired) electrons. The van der Waals surface area contributed by atoms with Crippen LogP contribution in [0.1, 0.15) is 0 Å². The van der Waals surface area contributed by atoms with Crippen LogP contribution in [0.5, 0.6) is 0 Å². The summed E-state index contributed by atoms with van der Waals surface area (Å²) in [5.74, 6) is 0. The number of hydrogen-bond donors (Lipinski definition) is 0. The molecular weight excluding hydrogens is 301 g/mol. The van der Waals surface area contributed by atoms with Crippen LogP contribution in [-0.4, -0.2) is 7.28 Å². The second kappa shape index (κ2) is 6.86. The fourth-order valence-corrected chi connectivity index (χ4v) is 3.16. The van der Waals surface area contributed by atoms with Gasteiger partial charge in [-0.15, -0.1) is 0 Å². The van der Waals surface area contributed by atoms with Crippen molar-refractivity contribution >= 4 is 40.6 Å². The first-order valence-electron chi connectivity index (χ1n) is 8.58. The summed E-state index contributed by atoms with van der Waals surface area (Å²) in [7, 11) is 2.12. The Kier molecular flexibility index (Phi) is 4.26. The molecule has 0 heterocycles. The topological polar surface area (TPSA) is 3.24 Å². The van der Waals surface area contributed by atoms with Gasteiger partial charge in [0.25, 0.3) is 0 Å². The van der Waals surface area contributed by atoms with E-state index in [1.807, 2.05) is 0 Å². The maximum absolute atomic E-state index is 2.30. The summed E-state index contributed by atoms with van der Waals surface area (Å²) in [5.41, 5.74) is 4.71. The maximum atomic E-state index is 2.30. The normalized spacial score (nSPS) is 10.6. The molecule has 4 rings (SSSR count). The second-order valence-corrected chi connectivity index (χ2v) is 6.08. The summed E-state index contributed by atoms with van der Waals surface area (Å²) in [6, 6.07) is 34.3. The molecule has 0 saturated heterocycles. The van der Waals surface area contributed by atoms with Crippen molar-refractivity contribution < 1.29 is 0 Å². The molecule has 0 fully saturated rings. The molecule has 0 bridgehead atoms. The second-order valence-electron chi connectivity index (χ2n) is 6.08. The first-order valence-corrected chi connectivity index (χ1v) is 8.58. The molecule has 4 aromatic carbocycles. The fourth-order valence-electron chi connectivity index (χ4n) is 3.16. The number of nitrogens with zero attached hydrogens (tertiary/aromatic N) is 1. The zero-order valence-electron chi connectivity index (χ0n) is 14.3. The molecule has 0 aromatic heterocycles. The van der Waals surface area contributed by atoms with Gasteiger partial charge in [0.05, 0.1) is 0 Å². The lowest BCUT2D eigenvalue weighted by Crippen LogP contribution is -2.13. The van der Waals surface area contributed by atoms with Crippen molar-refractivity contribution in [3.05, 3.63) is 97.1 Å². The van der Waals surface area contributed by atoms with Crippen LogP contribution in [0.25, 0.3) is 10.8 Å². The molecule has 0 aliphatic heterocycles. The lowest BCUT2D eigenvalue weighted by atomic mass is 9.73. The summed E-state index contributed by atoms with van der Waals surface area (Å²) >= 11 is 0. The molecule has 119 valence electrons. The van der Waals surface area contributed by atoms with Gasteiger partial charge in [-0.25, -0.2) is 0 Å². The van der Waals surface area contributed by atoms with Crippen molar-refractivity contribution in [3.63, 3.8) is 0 Å². The number of hydrogen-bond acceptors (Lipinski definition) is 1. The smallest absolute Gasteiger partial charge is 0.148 e. The van der Waals surface area contributed by atoms with Crippen LogP contribution in [-0.2, 0) is 0 Å². The first kappa shape index (κ1) is 15.5. The van der Waals surface area contributed by atoms with E-state index in [9.17, 15) is 0 Å². The highest BCUT2D eigenvalue weighted by Gasteiger charge is 2.12. The van der Waals surface area contributed by atoms with Gasteiger partial charge in [-0.2, -0.15) is 0 Å². The van der Waals surface area contributed by atoms with Gasteiger partial charge < -0.3 is 4.90 Å².